The molecule has 0 bridgehead atoms. The van der Waals surface area contributed by atoms with Crippen molar-refractivity contribution in [2.45, 2.75) is 32.1 Å². The van der Waals surface area contributed by atoms with Gasteiger partial charge in [0.2, 0.25) is 0 Å². The first-order valence-corrected chi connectivity index (χ1v) is 8.20. The number of rotatable bonds is 6. The normalized spacial score (nSPS) is 11.0. The molecule has 0 aliphatic rings. The third kappa shape index (κ3) is 3.53. The van der Waals surface area contributed by atoms with Crippen molar-refractivity contribution in [1.29, 1.82) is 0 Å². The Morgan fingerprint density at radius 3 is 2.41 bits per heavy atom. The second-order valence-corrected chi connectivity index (χ2v) is 6.13. The van der Waals surface area contributed by atoms with Gasteiger partial charge >= 0.3 is 6.09 Å². The largest absolute Gasteiger partial charge is 0.449 e. The molecule has 1 aromatic rings. The number of aryl methyl sites for hydroxylation is 1. The zero-order valence-corrected chi connectivity index (χ0v) is 13.4. The third-order valence-corrected chi connectivity index (χ3v) is 4.82. The van der Waals surface area contributed by atoms with E-state index in [2.05, 4.69) is 0 Å². The molecule has 0 spiro atoms. The first-order valence-electron chi connectivity index (χ1n) is 6.76. The highest BCUT2D eigenvalue weighted by atomic mass is 32.2. The van der Waals surface area contributed by atoms with Crippen molar-refractivity contribution >= 4 is 21.8 Å². The minimum atomic E-state index is -4.20. The molecule has 0 N–H and O–H groups in total. The van der Waals surface area contributed by atoms with Crippen LogP contribution in [0.4, 0.5) is 10.5 Å². The fourth-order valence-electron chi connectivity index (χ4n) is 1.89. The molecule has 0 radical (unpaired) electrons. The molecule has 8 nitrogen and oxygen atoms in total. The lowest BCUT2D eigenvalue weighted by Gasteiger charge is -2.20. The van der Waals surface area contributed by atoms with E-state index in [-0.39, 0.29) is 23.7 Å². The average Bonchev–Trinajstić information content (AvgIpc) is 2.47. The van der Waals surface area contributed by atoms with Crippen molar-refractivity contribution in [3.05, 3.63) is 33.9 Å². The highest BCUT2D eigenvalue weighted by molar-refractivity contribution is 7.89. The van der Waals surface area contributed by atoms with Gasteiger partial charge in [0.15, 0.2) is 0 Å². The van der Waals surface area contributed by atoms with Crippen LogP contribution in [0.15, 0.2) is 23.1 Å². The van der Waals surface area contributed by atoms with E-state index in [0.717, 1.165) is 6.07 Å². The average molecular weight is 330 g/mol. The van der Waals surface area contributed by atoms with Crippen molar-refractivity contribution in [3.63, 3.8) is 0 Å². The topological polar surface area (TPSA) is 107 Å². The summed E-state index contributed by atoms with van der Waals surface area (Å²) in [4.78, 5) is 21.8. The Bertz CT molecular complexity index is 671. The number of carbonyl (C=O) groups is 1. The summed E-state index contributed by atoms with van der Waals surface area (Å²) in [6.07, 6.45) is -0.612. The Kier molecular flexibility index (Phi) is 5.86. The zero-order valence-electron chi connectivity index (χ0n) is 12.6. The van der Waals surface area contributed by atoms with Gasteiger partial charge in [-0.05, 0) is 26.3 Å². The molecule has 22 heavy (non-hydrogen) atoms. The van der Waals surface area contributed by atoms with Crippen molar-refractivity contribution in [2.24, 2.45) is 0 Å². The molecule has 0 aliphatic carbocycles. The van der Waals surface area contributed by atoms with E-state index >= 15 is 0 Å². The Balaban J connectivity index is 3.36. The van der Waals surface area contributed by atoms with Gasteiger partial charge in [-0.25, -0.2) is 17.5 Å². The van der Waals surface area contributed by atoms with Crippen LogP contribution in [0, 0.1) is 10.1 Å². The Labute approximate surface area is 128 Å². The lowest BCUT2D eigenvalue weighted by molar-refractivity contribution is -0.385. The van der Waals surface area contributed by atoms with E-state index in [1.807, 2.05) is 0 Å². The van der Waals surface area contributed by atoms with E-state index in [9.17, 15) is 23.3 Å². The van der Waals surface area contributed by atoms with Gasteiger partial charge < -0.3 is 4.74 Å². The Morgan fingerprint density at radius 1 is 1.32 bits per heavy atom. The number of amides is 1. The number of nitrogens with zero attached hydrogens (tertiary/aromatic N) is 2. The molecule has 0 fully saturated rings. The Hall–Kier alpha value is -2.16. The molecule has 1 amide bonds. The maximum absolute atomic E-state index is 12.5. The van der Waals surface area contributed by atoms with Crippen molar-refractivity contribution in [1.82, 2.24) is 4.31 Å². The lowest BCUT2D eigenvalue weighted by Crippen LogP contribution is -2.37. The highest BCUT2D eigenvalue weighted by Gasteiger charge is 2.30. The number of sulfonamides is 1. The number of nitro benzene ring substituents is 1. The van der Waals surface area contributed by atoms with Gasteiger partial charge in [0.05, 0.1) is 16.4 Å². The van der Waals surface area contributed by atoms with Crippen LogP contribution in [0.1, 0.15) is 26.3 Å². The second-order valence-electron chi connectivity index (χ2n) is 4.27. The molecule has 9 heteroatoms. The van der Waals surface area contributed by atoms with Gasteiger partial charge in [-0.3, -0.25) is 10.1 Å². The second kappa shape index (κ2) is 7.21. The van der Waals surface area contributed by atoms with Gasteiger partial charge in [-0.2, -0.15) is 0 Å². The summed E-state index contributed by atoms with van der Waals surface area (Å²) in [5.74, 6) is 0. The molecular formula is C13H18N2O6S. The number of hydrogen-bond donors (Lipinski definition) is 0. The van der Waals surface area contributed by atoms with Crippen molar-refractivity contribution < 1.29 is 22.9 Å². The summed E-state index contributed by atoms with van der Waals surface area (Å²) in [5, 5.41) is 11.0. The molecule has 0 atom stereocenters. The van der Waals surface area contributed by atoms with Crippen molar-refractivity contribution in [2.75, 3.05) is 13.2 Å². The smallest absolute Gasteiger partial charge is 0.423 e. The summed E-state index contributed by atoms with van der Waals surface area (Å²) in [7, 11) is -4.20. The van der Waals surface area contributed by atoms with Crippen LogP contribution in [-0.4, -0.2) is 36.9 Å². The number of carbonyl (C=O) groups excluding carboxylic acids is 1. The van der Waals surface area contributed by atoms with Crippen LogP contribution in [0.25, 0.3) is 0 Å². The van der Waals surface area contributed by atoms with Crippen LogP contribution in [0.5, 0.6) is 0 Å². The predicted octanol–water partition coefficient (Wildman–Crippen LogP) is 2.32. The fraction of sp³-hybridized carbons (Fsp3) is 0.462. The molecule has 0 unspecified atom stereocenters. The Morgan fingerprint density at radius 2 is 1.95 bits per heavy atom. The molecule has 0 aromatic heterocycles. The number of hydrogen-bond acceptors (Lipinski definition) is 6. The van der Waals surface area contributed by atoms with E-state index in [4.69, 9.17) is 4.74 Å². The van der Waals surface area contributed by atoms with E-state index in [0.29, 0.717) is 16.3 Å². The molecule has 0 saturated carbocycles. The molecule has 1 aromatic carbocycles. The van der Waals surface area contributed by atoms with Crippen LogP contribution in [0.3, 0.4) is 0 Å². The predicted molar refractivity (Wildman–Crippen MR) is 79.1 cm³/mol. The summed E-state index contributed by atoms with van der Waals surface area (Å²) >= 11 is 0. The van der Waals surface area contributed by atoms with E-state index < -0.39 is 21.0 Å². The monoisotopic (exact) mass is 330 g/mol. The summed E-state index contributed by atoms with van der Waals surface area (Å²) in [5.41, 5.74) is 0.131. The molecule has 0 aliphatic heterocycles. The first kappa shape index (κ1) is 17.9. The maximum Gasteiger partial charge on any atom is 0.423 e. The van der Waals surface area contributed by atoms with Gasteiger partial charge in [-0.15, -0.1) is 0 Å². The van der Waals surface area contributed by atoms with E-state index in [1.54, 1.807) is 13.8 Å². The van der Waals surface area contributed by atoms with Gasteiger partial charge in [-0.1, -0.05) is 13.0 Å². The summed E-state index contributed by atoms with van der Waals surface area (Å²) in [6, 6.07) is 3.60. The van der Waals surface area contributed by atoms with Crippen LogP contribution in [-0.2, 0) is 21.2 Å². The standard InChI is InChI=1S/C13H18N2O6S/c1-4-10-7-8-11(9-12(10)15(17)18)22(19,20)14(5-2)13(16)21-6-3/h7-9H,4-6H2,1-3H3. The summed E-state index contributed by atoms with van der Waals surface area (Å²) < 4.78 is 30.2. The van der Waals surface area contributed by atoms with Crippen molar-refractivity contribution in [3.8, 4) is 0 Å². The minimum Gasteiger partial charge on any atom is -0.449 e. The van der Waals surface area contributed by atoms with Gasteiger partial charge in [0, 0.05) is 18.2 Å². The quantitative estimate of drug-likeness (QED) is 0.585. The summed E-state index contributed by atoms with van der Waals surface area (Å²) in [6.45, 7) is 4.65. The highest BCUT2D eigenvalue weighted by Crippen LogP contribution is 2.25. The van der Waals surface area contributed by atoms with Crippen LogP contribution in [0.2, 0.25) is 0 Å². The zero-order chi connectivity index (χ0) is 16.9. The third-order valence-electron chi connectivity index (χ3n) is 2.98. The number of nitro groups is 1. The maximum atomic E-state index is 12.5. The molecule has 0 saturated heterocycles. The van der Waals surface area contributed by atoms with Crippen LogP contribution >= 0.6 is 0 Å². The minimum absolute atomic E-state index is 0.0276. The number of ether oxygens (including phenoxy) is 1. The van der Waals surface area contributed by atoms with E-state index in [1.165, 1.54) is 19.1 Å². The SMILES string of the molecule is CCOC(=O)N(CC)S(=O)(=O)c1ccc(CC)c([N+](=O)[O-])c1. The first-order chi connectivity index (χ1) is 10.3. The number of benzene rings is 1. The fourth-order valence-corrected chi connectivity index (χ4v) is 3.24. The van der Waals surface area contributed by atoms with Crippen LogP contribution < -0.4 is 0 Å². The molecule has 122 valence electrons. The van der Waals surface area contributed by atoms with Gasteiger partial charge in [0.1, 0.15) is 0 Å². The molecule has 1 rings (SSSR count). The lowest BCUT2D eigenvalue weighted by atomic mass is 10.1. The van der Waals surface area contributed by atoms with Gasteiger partial charge in [0.25, 0.3) is 15.7 Å². The molecule has 0 heterocycles. The molecular weight excluding hydrogens is 312 g/mol.